The summed E-state index contributed by atoms with van der Waals surface area (Å²) in [7, 11) is 1.86. The van der Waals surface area contributed by atoms with E-state index in [9.17, 15) is 9.59 Å². The van der Waals surface area contributed by atoms with Gasteiger partial charge in [0.15, 0.2) is 0 Å². The van der Waals surface area contributed by atoms with Crippen molar-refractivity contribution < 1.29 is 9.53 Å². The number of carbonyl (C=O) groups is 1. The average molecular weight is 383 g/mol. The summed E-state index contributed by atoms with van der Waals surface area (Å²) in [6.07, 6.45) is 3.59. The van der Waals surface area contributed by atoms with E-state index in [0.29, 0.717) is 24.5 Å². The Kier molecular flexibility index (Phi) is 5.04. The maximum atomic E-state index is 13.1. The lowest BCUT2D eigenvalue weighted by Gasteiger charge is -2.22. The van der Waals surface area contributed by atoms with E-state index in [4.69, 9.17) is 4.74 Å². The largest absolute Gasteiger partial charge is 0.381 e. The quantitative estimate of drug-likeness (QED) is 0.747. The van der Waals surface area contributed by atoms with Gasteiger partial charge in [-0.2, -0.15) is 5.10 Å². The third-order valence-corrected chi connectivity index (χ3v) is 5.59. The van der Waals surface area contributed by atoms with Crippen LogP contribution >= 0.6 is 0 Å². The summed E-state index contributed by atoms with van der Waals surface area (Å²) < 4.78 is 10.1. The molecular weight excluding hydrogens is 358 g/mol. The predicted octanol–water partition coefficient (Wildman–Crippen LogP) is 2.03. The summed E-state index contributed by atoms with van der Waals surface area (Å²) in [5, 5.41) is 7.04. The lowest BCUT2D eigenvalue weighted by atomic mass is 10.0. The molecule has 28 heavy (non-hydrogen) atoms. The molecule has 1 amide bonds. The number of para-hydroxylation sites is 2. The number of imidazole rings is 1. The van der Waals surface area contributed by atoms with Crippen LogP contribution in [0.15, 0.2) is 35.3 Å². The Bertz CT molecular complexity index is 1060. The number of rotatable bonds is 4. The second-order valence-electron chi connectivity index (χ2n) is 7.31. The van der Waals surface area contributed by atoms with Gasteiger partial charge in [-0.1, -0.05) is 12.1 Å². The van der Waals surface area contributed by atoms with Gasteiger partial charge >= 0.3 is 11.7 Å². The van der Waals surface area contributed by atoms with E-state index >= 15 is 0 Å². The van der Waals surface area contributed by atoms with Crippen LogP contribution in [0.5, 0.6) is 0 Å². The van der Waals surface area contributed by atoms with Crippen molar-refractivity contribution in [2.45, 2.75) is 32.9 Å². The number of hydrogen-bond donors (Lipinski definition) is 1. The normalized spacial score (nSPS) is 15.2. The van der Waals surface area contributed by atoms with Gasteiger partial charge in [0.1, 0.15) is 0 Å². The van der Waals surface area contributed by atoms with Crippen molar-refractivity contribution in [3.63, 3.8) is 0 Å². The van der Waals surface area contributed by atoms with Crippen LogP contribution in [0.3, 0.4) is 0 Å². The molecule has 8 heteroatoms. The van der Waals surface area contributed by atoms with E-state index < -0.39 is 6.03 Å². The van der Waals surface area contributed by atoms with Gasteiger partial charge in [-0.25, -0.2) is 14.2 Å². The molecule has 0 aliphatic carbocycles. The number of nitrogens with zero attached hydrogens (tertiary/aromatic N) is 4. The Morgan fingerprint density at radius 1 is 1.25 bits per heavy atom. The SMILES string of the molecule is Cc1c(CNC(=O)n2c(=O)n(CC3CCOCC3)c3ccccc32)cnn1C. The number of fused-ring (bicyclic) bond motifs is 1. The van der Waals surface area contributed by atoms with Gasteiger partial charge in [-0.3, -0.25) is 9.25 Å². The van der Waals surface area contributed by atoms with E-state index in [0.717, 1.165) is 42.8 Å². The molecule has 0 unspecified atom stereocenters. The molecule has 0 spiro atoms. The highest BCUT2D eigenvalue weighted by atomic mass is 16.5. The number of aromatic nitrogens is 4. The molecular formula is C20H25N5O3. The zero-order chi connectivity index (χ0) is 19.7. The van der Waals surface area contributed by atoms with E-state index in [1.165, 1.54) is 4.57 Å². The second kappa shape index (κ2) is 7.63. The topological polar surface area (TPSA) is 83.1 Å². The van der Waals surface area contributed by atoms with Crippen LogP contribution in [0.2, 0.25) is 0 Å². The molecule has 1 aliphatic heterocycles. The zero-order valence-corrected chi connectivity index (χ0v) is 16.2. The van der Waals surface area contributed by atoms with Crippen LogP contribution in [0.4, 0.5) is 4.79 Å². The van der Waals surface area contributed by atoms with Crippen molar-refractivity contribution in [1.82, 2.24) is 24.2 Å². The molecule has 3 aromatic rings. The zero-order valence-electron chi connectivity index (χ0n) is 16.2. The predicted molar refractivity (Wildman–Crippen MR) is 105 cm³/mol. The summed E-state index contributed by atoms with van der Waals surface area (Å²) in [4.78, 5) is 26.0. The maximum absolute atomic E-state index is 13.1. The van der Waals surface area contributed by atoms with Gasteiger partial charge in [0.2, 0.25) is 0 Å². The lowest BCUT2D eigenvalue weighted by molar-refractivity contribution is 0.0613. The first-order chi connectivity index (χ1) is 13.6. The van der Waals surface area contributed by atoms with Crippen molar-refractivity contribution in [3.8, 4) is 0 Å². The molecule has 148 valence electrons. The van der Waals surface area contributed by atoms with Gasteiger partial charge in [0.05, 0.1) is 17.2 Å². The summed E-state index contributed by atoms with van der Waals surface area (Å²) in [5.41, 5.74) is 3.02. The van der Waals surface area contributed by atoms with Crippen LogP contribution < -0.4 is 11.0 Å². The Labute approximate surface area is 162 Å². The Balaban J connectivity index is 1.62. The Hall–Kier alpha value is -2.87. The first-order valence-electron chi connectivity index (χ1n) is 9.60. The van der Waals surface area contributed by atoms with Crippen molar-refractivity contribution in [2.75, 3.05) is 13.2 Å². The van der Waals surface area contributed by atoms with Crippen LogP contribution in [0.1, 0.15) is 24.1 Å². The monoisotopic (exact) mass is 383 g/mol. The van der Waals surface area contributed by atoms with E-state index in [1.54, 1.807) is 15.4 Å². The van der Waals surface area contributed by atoms with Gasteiger partial charge in [-0.05, 0) is 37.8 Å². The van der Waals surface area contributed by atoms with Crippen LogP contribution in [-0.2, 0) is 24.9 Å². The fraction of sp³-hybridized carbons (Fsp3) is 0.450. The number of amides is 1. The summed E-state index contributed by atoms with van der Waals surface area (Å²) in [6.45, 7) is 4.32. The van der Waals surface area contributed by atoms with E-state index in [-0.39, 0.29) is 5.69 Å². The summed E-state index contributed by atoms with van der Waals surface area (Å²) >= 11 is 0. The molecule has 0 saturated carbocycles. The first kappa shape index (κ1) is 18.5. The van der Waals surface area contributed by atoms with Crippen molar-refractivity contribution in [2.24, 2.45) is 13.0 Å². The number of carbonyl (C=O) groups excluding carboxylic acids is 1. The van der Waals surface area contributed by atoms with Gasteiger partial charge in [-0.15, -0.1) is 0 Å². The van der Waals surface area contributed by atoms with Gasteiger partial charge < -0.3 is 10.1 Å². The number of benzene rings is 1. The molecule has 0 radical (unpaired) electrons. The highest BCUT2D eigenvalue weighted by molar-refractivity contribution is 5.89. The minimum atomic E-state index is -0.421. The fourth-order valence-corrected chi connectivity index (χ4v) is 3.74. The molecule has 1 aliphatic rings. The van der Waals surface area contributed by atoms with E-state index in [1.807, 2.05) is 38.2 Å². The van der Waals surface area contributed by atoms with Crippen LogP contribution in [0.25, 0.3) is 11.0 Å². The minimum Gasteiger partial charge on any atom is -0.381 e. The van der Waals surface area contributed by atoms with Crippen molar-refractivity contribution in [3.05, 3.63) is 52.2 Å². The third-order valence-electron chi connectivity index (χ3n) is 5.59. The van der Waals surface area contributed by atoms with Crippen LogP contribution in [0, 0.1) is 12.8 Å². The molecule has 8 nitrogen and oxygen atoms in total. The van der Waals surface area contributed by atoms with Crippen molar-refractivity contribution in [1.29, 1.82) is 0 Å². The molecule has 1 fully saturated rings. The smallest absolute Gasteiger partial charge is 0.337 e. The maximum Gasteiger partial charge on any atom is 0.337 e. The Morgan fingerprint density at radius 2 is 1.96 bits per heavy atom. The Morgan fingerprint density at radius 3 is 2.64 bits per heavy atom. The summed E-state index contributed by atoms with van der Waals surface area (Å²) in [6, 6.07) is 7.02. The molecule has 0 atom stereocenters. The first-order valence-corrected chi connectivity index (χ1v) is 9.60. The molecule has 3 heterocycles. The standard InChI is InChI=1S/C20H25N5O3/c1-14-16(12-22-23(14)2)11-21-19(26)25-18-6-4-3-5-17(18)24(20(25)27)13-15-7-9-28-10-8-15/h3-6,12,15H,7-11,13H2,1-2H3,(H,21,26). The van der Waals surface area contributed by atoms with Crippen molar-refractivity contribution >= 4 is 17.1 Å². The van der Waals surface area contributed by atoms with Gasteiger partial charge in [0, 0.05) is 44.6 Å². The second-order valence-corrected chi connectivity index (χ2v) is 7.31. The molecule has 1 N–H and O–H groups in total. The minimum absolute atomic E-state index is 0.298. The number of nitrogens with one attached hydrogen (secondary N) is 1. The summed E-state index contributed by atoms with van der Waals surface area (Å²) in [5.74, 6) is 0.381. The number of hydrogen-bond acceptors (Lipinski definition) is 4. The molecule has 1 aromatic carbocycles. The van der Waals surface area contributed by atoms with E-state index in [2.05, 4.69) is 10.4 Å². The number of aryl methyl sites for hydroxylation is 1. The molecule has 2 aromatic heterocycles. The van der Waals surface area contributed by atoms with Crippen LogP contribution in [-0.4, -0.2) is 38.2 Å². The third kappa shape index (κ3) is 3.35. The van der Waals surface area contributed by atoms with Gasteiger partial charge in [0.25, 0.3) is 0 Å². The highest BCUT2D eigenvalue weighted by Crippen LogP contribution is 2.20. The highest BCUT2D eigenvalue weighted by Gasteiger charge is 2.22. The molecule has 0 bridgehead atoms. The fourth-order valence-electron chi connectivity index (χ4n) is 3.74. The lowest BCUT2D eigenvalue weighted by Crippen LogP contribution is -2.37. The molecule has 1 saturated heterocycles. The number of ether oxygens (including phenoxy) is 1. The average Bonchev–Trinajstić information content (AvgIpc) is 3.18. The molecule has 4 rings (SSSR count).